The second-order valence-corrected chi connectivity index (χ2v) is 4.00. The third-order valence-electron chi connectivity index (χ3n) is 2.66. The van der Waals surface area contributed by atoms with Crippen LogP contribution in [-0.2, 0) is 4.79 Å². The third kappa shape index (κ3) is 2.71. The second-order valence-electron chi connectivity index (χ2n) is 4.00. The first-order valence-electron chi connectivity index (χ1n) is 5.61. The lowest BCUT2D eigenvalue weighted by atomic mass is 10.2. The lowest BCUT2D eigenvalue weighted by Gasteiger charge is -2.12. The average molecular weight is 277 g/mol. The minimum absolute atomic E-state index is 0.0903. The second kappa shape index (κ2) is 5.34. The van der Waals surface area contributed by atoms with E-state index in [4.69, 9.17) is 0 Å². The van der Waals surface area contributed by atoms with E-state index in [2.05, 4.69) is 15.4 Å². The summed E-state index contributed by atoms with van der Waals surface area (Å²) in [5.41, 5.74) is -0.169. The Morgan fingerprint density at radius 1 is 1.55 bits per heavy atom. The molecule has 0 saturated carbocycles. The molecule has 0 saturated heterocycles. The summed E-state index contributed by atoms with van der Waals surface area (Å²) in [5.74, 6) is -0.807. The fraction of sp³-hybridized carbons (Fsp3) is 0.182. The highest BCUT2D eigenvalue weighted by atomic mass is 16.6. The number of benzene rings is 1. The van der Waals surface area contributed by atoms with Crippen molar-refractivity contribution >= 4 is 17.3 Å². The molecule has 2 rings (SSSR count). The lowest BCUT2D eigenvalue weighted by molar-refractivity contribution is -0.384. The largest absolute Gasteiger partial charge is 0.506 e. The van der Waals surface area contributed by atoms with Crippen LogP contribution in [0.15, 0.2) is 30.9 Å². The lowest BCUT2D eigenvalue weighted by Crippen LogP contribution is -2.24. The van der Waals surface area contributed by atoms with Gasteiger partial charge in [-0.3, -0.25) is 14.9 Å². The monoisotopic (exact) mass is 277 g/mol. The van der Waals surface area contributed by atoms with Gasteiger partial charge in [-0.2, -0.15) is 5.10 Å². The molecule has 2 aromatic rings. The third-order valence-corrected chi connectivity index (χ3v) is 2.66. The Labute approximate surface area is 113 Å². The summed E-state index contributed by atoms with van der Waals surface area (Å²) < 4.78 is 1.35. The van der Waals surface area contributed by atoms with Crippen LogP contribution in [-0.4, -0.2) is 30.7 Å². The highest BCUT2D eigenvalue weighted by Crippen LogP contribution is 2.28. The molecule has 0 aliphatic carbocycles. The summed E-state index contributed by atoms with van der Waals surface area (Å²) in [6.45, 7) is 1.60. The van der Waals surface area contributed by atoms with E-state index in [0.717, 1.165) is 6.07 Å². The molecular formula is C11H11N5O4. The van der Waals surface area contributed by atoms with Crippen LogP contribution in [0.3, 0.4) is 0 Å². The van der Waals surface area contributed by atoms with Crippen molar-refractivity contribution in [1.82, 2.24) is 14.8 Å². The summed E-state index contributed by atoms with van der Waals surface area (Å²) in [6, 6.07) is 2.79. The minimum Gasteiger partial charge on any atom is -0.506 e. The van der Waals surface area contributed by atoms with E-state index in [-0.39, 0.29) is 17.1 Å². The van der Waals surface area contributed by atoms with E-state index < -0.39 is 16.9 Å². The van der Waals surface area contributed by atoms with E-state index in [0.29, 0.717) is 0 Å². The molecule has 0 radical (unpaired) electrons. The Balaban J connectivity index is 2.14. The number of amides is 1. The number of phenolic OH excluding ortho intramolecular Hbond substituents is 1. The molecule has 9 nitrogen and oxygen atoms in total. The van der Waals surface area contributed by atoms with E-state index in [1.54, 1.807) is 6.92 Å². The van der Waals surface area contributed by atoms with E-state index in [1.165, 1.54) is 29.5 Å². The number of nitro benzene ring substituents is 1. The number of aromatic nitrogens is 3. The maximum absolute atomic E-state index is 11.9. The van der Waals surface area contributed by atoms with Crippen molar-refractivity contribution in [3.63, 3.8) is 0 Å². The summed E-state index contributed by atoms with van der Waals surface area (Å²) >= 11 is 0. The van der Waals surface area contributed by atoms with Crippen molar-refractivity contribution < 1.29 is 14.8 Å². The number of rotatable bonds is 4. The fourth-order valence-corrected chi connectivity index (χ4v) is 1.51. The van der Waals surface area contributed by atoms with Crippen molar-refractivity contribution in [2.75, 3.05) is 5.32 Å². The predicted octanol–water partition coefficient (Wildman–Crippen LogP) is 1.09. The van der Waals surface area contributed by atoms with Gasteiger partial charge in [0.25, 0.3) is 5.69 Å². The number of carbonyl (C=O) groups excluding carboxylic acids is 1. The quantitative estimate of drug-likeness (QED) is 0.490. The molecule has 1 unspecified atom stereocenters. The van der Waals surface area contributed by atoms with Crippen molar-refractivity contribution in [1.29, 1.82) is 0 Å². The Bertz CT molecular complexity index is 640. The molecule has 0 bridgehead atoms. The summed E-state index contributed by atoms with van der Waals surface area (Å²) in [7, 11) is 0. The highest BCUT2D eigenvalue weighted by molar-refractivity contribution is 5.94. The summed E-state index contributed by atoms with van der Waals surface area (Å²) in [4.78, 5) is 25.6. The summed E-state index contributed by atoms with van der Waals surface area (Å²) in [6.07, 6.45) is 2.69. The van der Waals surface area contributed by atoms with Crippen LogP contribution >= 0.6 is 0 Å². The zero-order valence-electron chi connectivity index (χ0n) is 10.4. The van der Waals surface area contributed by atoms with Crippen LogP contribution in [0.5, 0.6) is 5.75 Å². The predicted molar refractivity (Wildman–Crippen MR) is 68.1 cm³/mol. The van der Waals surface area contributed by atoms with Crippen molar-refractivity contribution in [3.8, 4) is 5.75 Å². The molecule has 0 spiro atoms. The van der Waals surface area contributed by atoms with E-state index in [9.17, 15) is 20.0 Å². The molecule has 1 heterocycles. The maximum Gasteiger partial charge on any atom is 0.273 e. The van der Waals surface area contributed by atoms with Gasteiger partial charge in [-0.05, 0) is 13.0 Å². The zero-order chi connectivity index (χ0) is 14.7. The number of phenols is 1. The van der Waals surface area contributed by atoms with Crippen LogP contribution < -0.4 is 5.32 Å². The molecule has 1 aromatic carbocycles. The first-order valence-corrected chi connectivity index (χ1v) is 5.61. The van der Waals surface area contributed by atoms with Crippen molar-refractivity contribution in [3.05, 3.63) is 41.0 Å². The van der Waals surface area contributed by atoms with E-state index in [1.807, 2.05) is 0 Å². The number of aromatic hydroxyl groups is 1. The topological polar surface area (TPSA) is 123 Å². The van der Waals surface area contributed by atoms with Gasteiger partial charge in [0.15, 0.2) is 0 Å². The number of nitrogens with zero attached hydrogens (tertiary/aromatic N) is 4. The van der Waals surface area contributed by atoms with Gasteiger partial charge in [0.05, 0.1) is 16.7 Å². The van der Waals surface area contributed by atoms with Crippen molar-refractivity contribution in [2.24, 2.45) is 0 Å². The average Bonchev–Trinajstić information content (AvgIpc) is 2.93. The number of nitrogens with one attached hydrogen (secondary N) is 1. The number of anilines is 1. The van der Waals surface area contributed by atoms with Gasteiger partial charge in [-0.15, -0.1) is 0 Å². The molecule has 1 amide bonds. The molecular weight excluding hydrogens is 266 g/mol. The maximum atomic E-state index is 11.9. The molecule has 20 heavy (non-hydrogen) atoms. The van der Waals surface area contributed by atoms with Gasteiger partial charge in [0.1, 0.15) is 24.4 Å². The van der Waals surface area contributed by atoms with Gasteiger partial charge >= 0.3 is 0 Å². The molecule has 2 N–H and O–H groups in total. The van der Waals surface area contributed by atoms with Gasteiger partial charge < -0.3 is 10.4 Å². The number of nitro groups is 1. The Morgan fingerprint density at radius 3 is 2.85 bits per heavy atom. The SMILES string of the molecule is CC(C(=O)Nc1ccc([N+](=O)[O-])cc1O)n1cncn1. The Morgan fingerprint density at radius 2 is 2.30 bits per heavy atom. The number of hydrogen-bond acceptors (Lipinski definition) is 6. The smallest absolute Gasteiger partial charge is 0.273 e. The van der Waals surface area contributed by atoms with Crippen molar-refractivity contribution in [2.45, 2.75) is 13.0 Å². The van der Waals surface area contributed by atoms with Gasteiger partial charge in [0, 0.05) is 6.07 Å². The van der Waals surface area contributed by atoms with Crippen LogP contribution in [0.25, 0.3) is 0 Å². The number of carbonyl (C=O) groups is 1. The van der Waals surface area contributed by atoms with Crippen LogP contribution in [0.1, 0.15) is 13.0 Å². The summed E-state index contributed by atoms with van der Waals surface area (Å²) in [5, 5.41) is 26.5. The molecule has 1 aromatic heterocycles. The van der Waals surface area contributed by atoms with Crippen LogP contribution in [0.4, 0.5) is 11.4 Å². The van der Waals surface area contributed by atoms with Gasteiger partial charge in [-0.1, -0.05) is 0 Å². The molecule has 0 aliphatic heterocycles. The van der Waals surface area contributed by atoms with Gasteiger partial charge in [-0.25, -0.2) is 9.67 Å². The fourth-order valence-electron chi connectivity index (χ4n) is 1.51. The molecule has 104 valence electrons. The number of non-ortho nitro benzene ring substituents is 1. The van der Waals surface area contributed by atoms with Gasteiger partial charge in [0.2, 0.25) is 5.91 Å². The molecule has 0 aliphatic rings. The standard InChI is InChI=1S/C11H11N5O4/c1-7(15-6-12-5-13-15)11(18)14-9-3-2-8(16(19)20)4-10(9)17/h2-7,17H,1H3,(H,14,18). The Hall–Kier alpha value is -2.97. The first kappa shape index (κ1) is 13.5. The molecule has 9 heteroatoms. The molecule has 0 fully saturated rings. The number of hydrogen-bond donors (Lipinski definition) is 2. The Kier molecular flexibility index (Phi) is 3.60. The minimum atomic E-state index is -0.636. The zero-order valence-corrected chi connectivity index (χ0v) is 10.4. The highest BCUT2D eigenvalue weighted by Gasteiger charge is 2.18. The first-order chi connectivity index (χ1) is 9.49. The van der Waals surface area contributed by atoms with Crippen LogP contribution in [0, 0.1) is 10.1 Å². The van der Waals surface area contributed by atoms with E-state index >= 15 is 0 Å². The normalized spacial score (nSPS) is 11.8. The van der Waals surface area contributed by atoms with Crippen LogP contribution in [0.2, 0.25) is 0 Å². The molecule has 1 atom stereocenters.